The fourth-order valence-corrected chi connectivity index (χ4v) is 2.18. The van der Waals surface area contributed by atoms with Gasteiger partial charge in [-0.05, 0) is 30.9 Å². The summed E-state index contributed by atoms with van der Waals surface area (Å²) in [5.41, 5.74) is 1.97. The first-order valence-electron chi connectivity index (χ1n) is 5.37. The zero-order valence-electron chi connectivity index (χ0n) is 8.65. The van der Waals surface area contributed by atoms with Gasteiger partial charge in [0.1, 0.15) is 0 Å². The summed E-state index contributed by atoms with van der Waals surface area (Å²) in [6.45, 7) is 0. The molecular formula is C12H10FN3. The van der Waals surface area contributed by atoms with Gasteiger partial charge in [-0.25, -0.2) is 4.52 Å². The maximum atomic E-state index is 13.7. The topological polar surface area (TPSA) is 41.1 Å². The van der Waals surface area contributed by atoms with Gasteiger partial charge in [0.25, 0.3) is 0 Å². The average Bonchev–Trinajstić information content (AvgIpc) is 2.53. The highest BCUT2D eigenvalue weighted by molar-refractivity contribution is 5.59. The molecule has 0 unspecified atom stereocenters. The Morgan fingerprint density at radius 2 is 2.31 bits per heavy atom. The summed E-state index contributed by atoms with van der Waals surface area (Å²) in [4.78, 5) is 0. The smallest absolute Gasteiger partial charge is 0.237 e. The maximum Gasteiger partial charge on any atom is 0.237 e. The highest BCUT2D eigenvalue weighted by atomic mass is 19.1. The van der Waals surface area contributed by atoms with Gasteiger partial charge in [-0.15, -0.1) is 5.10 Å². The van der Waals surface area contributed by atoms with E-state index in [-0.39, 0.29) is 11.9 Å². The quantitative estimate of drug-likeness (QED) is 0.733. The van der Waals surface area contributed by atoms with Gasteiger partial charge in [0.05, 0.1) is 17.1 Å². The number of fused-ring (bicyclic) bond motifs is 1. The van der Waals surface area contributed by atoms with E-state index in [4.69, 9.17) is 5.26 Å². The number of halogens is 1. The lowest BCUT2D eigenvalue weighted by atomic mass is 9.80. The van der Waals surface area contributed by atoms with Gasteiger partial charge in [-0.2, -0.15) is 9.65 Å². The van der Waals surface area contributed by atoms with E-state index >= 15 is 0 Å². The standard InChI is InChI=1S/C12H10FN3/c13-12-11(9-2-1-3-9)10-6-8(7-14)4-5-16(10)15-12/h4-6,9H,1-3H2. The molecule has 0 amide bonds. The SMILES string of the molecule is N#Cc1ccn2nc(F)c(C3CCC3)c2c1. The summed E-state index contributed by atoms with van der Waals surface area (Å²) in [6.07, 6.45) is 4.84. The molecule has 3 nitrogen and oxygen atoms in total. The predicted octanol–water partition coefficient (Wildman–Crippen LogP) is 2.61. The Balaban J connectivity index is 2.24. The summed E-state index contributed by atoms with van der Waals surface area (Å²) >= 11 is 0. The number of hydrogen-bond acceptors (Lipinski definition) is 2. The van der Waals surface area contributed by atoms with Gasteiger partial charge >= 0.3 is 0 Å². The van der Waals surface area contributed by atoms with Crippen molar-refractivity contribution in [1.29, 1.82) is 5.26 Å². The molecule has 1 aliphatic carbocycles. The van der Waals surface area contributed by atoms with Crippen molar-refractivity contribution >= 4 is 5.52 Å². The van der Waals surface area contributed by atoms with E-state index < -0.39 is 0 Å². The van der Waals surface area contributed by atoms with Gasteiger partial charge in [-0.1, -0.05) is 6.42 Å². The molecule has 3 rings (SSSR count). The van der Waals surface area contributed by atoms with E-state index in [0.717, 1.165) is 24.8 Å². The van der Waals surface area contributed by atoms with Crippen molar-refractivity contribution in [2.24, 2.45) is 0 Å². The zero-order valence-corrected chi connectivity index (χ0v) is 8.65. The fourth-order valence-electron chi connectivity index (χ4n) is 2.18. The van der Waals surface area contributed by atoms with Gasteiger partial charge in [0.2, 0.25) is 5.95 Å². The molecule has 4 heteroatoms. The molecular weight excluding hydrogens is 205 g/mol. The molecule has 0 aliphatic heterocycles. The van der Waals surface area contributed by atoms with Crippen LogP contribution < -0.4 is 0 Å². The molecule has 1 saturated carbocycles. The van der Waals surface area contributed by atoms with Gasteiger partial charge in [-0.3, -0.25) is 0 Å². The van der Waals surface area contributed by atoms with Crippen molar-refractivity contribution in [2.75, 3.05) is 0 Å². The summed E-state index contributed by atoms with van der Waals surface area (Å²) in [5, 5.41) is 12.7. The van der Waals surface area contributed by atoms with E-state index in [1.807, 2.05) is 0 Å². The second kappa shape index (κ2) is 3.31. The number of rotatable bonds is 1. The molecule has 2 heterocycles. The Labute approximate surface area is 92.1 Å². The Morgan fingerprint density at radius 3 is 2.94 bits per heavy atom. The van der Waals surface area contributed by atoms with E-state index in [9.17, 15) is 4.39 Å². The van der Waals surface area contributed by atoms with E-state index in [1.54, 1.807) is 18.3 Å². The van der Waals surface area contributed by atoms with Crippen LogP contribution in [-0.2, 0) is 0 Å². The maximum absolute atomic E-state index is 13.7. The summed E-state index contributed by atoms with van der Waals surface area (Å²) < 4.78 is 15.2. The lowest BCUT2D eigenvalue weighted by molar-refractivity contribution is 0.404. The van der Waals surface area contributed by atoms with E-state index in [1.165, 1.54) is 4.52 Å². The zero-order chi connectivity index (χ0) is 11.1. The molecule has 1 fully saturated rings. The molecule has 0 N–H and O–H groups in total. The van der Waals surface area contributed by atoms with E-state index in [2.05, 4.69) is 11.2 Å². The molecule has 0 aromatic carbocycles. The van der Waals surface area contributed by atoms with Crippen LogP contribution in [0.3, 0.4) is 0 Å². The van der Waals surface area contributed by atoms with Crippen LogP contribution in [0.1, 0.15) is 36.3 Å². The van der Waals surface area contributed by atoms with Crippen molar-refractivity contribution in [1.82, 2.24) is 9.61 Å². The molecule has 2 aromatic rings. The monoisotopic (exact) mass is 215 g/mol. The molecule has 0 bridgehead atoms. The lowest BCUT2D eigenvalue weighted by Crippen LogP contribution is -2.09. The molecule has 1 aliphatic rings. The van der Waals surface area contributed by atoms with Crippen molar-refractivity contribution in [2.45, 2.75) is 25.2 Å². The van der Waals surface area contributed by atoms with Gasteiger partial charge in [0.15, 0.2) is 0 Å². The first-order valence-corrected chi connectivity index (χ1v) is 5.37. The number of nitrogens with zero attached hydrogens (tertiary/aromatic N) is 3. The van der Waals surface area contributed by atoms with Crippen LogP contribution in [0.2, 0.25) is 0 Å². The van der Waals surface area contributed by atoms with Gasteiger partial charge < -0.3 is 0 Å². The second-order valence-corrected chi connectivity index (χ2v) is 4.19. The highest BCUT2D eigenvalue weighted by Crippen LogP contribution is 2.39. The predicted molar refractivity (Wildman–Crippen MR) is 56.5 cm³/mol. The van der Waals surface area contributed by atoms with Crippen LogP contribution in [0.15, 0.2) is 18.3 Å². The van der Waals surface area contributed by atoms with Crippen LogP contribution in [0.5, 0.6) is 0 Å². The molecule has 16 heavy (non-hydrogen) atoms. The Hall–Kier alpha value is -1.89. The Morgan fingerprint density at radius 1 is 1.50 bits per heavy atom. The Kier molecular flexibility index (Phi) is 1.93. The van der Waals surface area contributed by atoms with Crippen LogP contribution in [0.25, 0.3) is 5.52 Å². The molecule has 0 spiro atoms. The minimum Gasteiger partial charge on any atom is -0.238 e. The third-order valence-corrected chi connectivity index (χ3v) is 3.27. The Bertz CT molecular complexity index is 590. The molecule has 2 aromatic heterocycles. The third-order valence-electron chi connectivity index (χ3n) is 3.27. The minimum absolute atomic E-state index is 0.284. The normalized spacial score (nSPS) is 16.0. The van der Waals surface area contributed by atoms with Crippen LogP contribution in [-0.4, -0.2) is 9.61 Å². The molecule has 80 valence electrons. The number of hydrogen-bond donors (Lipinski definition) is 0. The summed E-state index contributed by atoms with van der Waals surface area (Å²) in [5.74, 6) is -0.105. The third kappa shape index (κ3) is 1.21. The van der Waals surface area contributed by atoms with Crippen LogP contribution >= 0.6 is 0 Å². The molecule has 0 atom stereocenters. The van der Waals surface area contributed by atoms with Crippen molar-refractivity contribution in [3.8, 4) is 6.07 Å². The van der Waals surface area contributed by atoms with Crippen molar-refractivity contribution in [3.63, 3.8) is 0 Å². The van der Waals surface area contributed by atoms with Crippen LogP contribution in [0.4, 0.5) is 4.39 Å². The number of aromatic nitrogens is 2. The first-order chi connectivity index (χ1) is 7.79. The lowest BCUT2D eigenvalue weighted by Gasteiger charge is -2.24. The number of pyridine rings is 1. The van der Waals surface area contributed by atoms with Gasteiger partial charge in [0, 0.05) is 11.8 Å². The van der Waals surface area contributed by atoms with Crippen LogP contribution in [0, 0.1) is 17.3 Å². The first kappa shape index (κ1) is 9.34. The van der Waals surface area contributed by atoms with E-state index in [0.29, 0.717) is 11.1 Å². The number of nitriles is 1. The highest BCUT2D eigenvalue weighted by Gasteiger charge is 2.27. The van der Waals surface area contributed by atoms with Crippen molar-refractivity contribution in [3.05, 3.63) is 35.4 Å². The summed E-state index contributed by atoms with van der Waals surface area (Å²) in [7, 11) is 0. The summed E-state index contributed by atoms with van der Waals surface area (Å²) in [6, 6.07) is 5.42. The fraction of sp³-hybridized carbons (Fsp3) is 0.333. The average molecular weight is 215 g/mol. The largest absolute Gasteiger partial charge is 0.238 e. The second-order valence-electron chi connectivity index (χ2n) is 4.19. The molecule has 0 radical (unpaired) electrons. The molecule has 0 saturated heterocycles. The van der Waals surface area contributed by atoms with Crippen molar-refractivity contribution < 1.29 is 4.39 Å². The minimum atomic E-state index is -0.389.